The van der Waals surface area contributed by atoms with Crippen molar-refractivity contribution in [1.82, 2.24) is 14.7 Å². The molecule has 0 bridgehead atoms. The van der Waals surface area contributed by atoms with Gasteiger partial charge in [0.1, 0.15) is 11.5 Å². The molecular formula is C22H24N4O2S. The summed E-state index contributed by atoms with van der Waals surface area (Å²) in [6.07, 6.45) is 4.21. The number of nitrogens with zero attached hydrogens (tertiary/aromatic N) is 3. The van der Waals surface area contributed by atoms with Gasteiger partial charge in [-0.15, -0.1) is 11.3 Å². The molecule has 1 aliphatic heterocycles. The molecular weight excluding hydrogens is 384 g/mol. The number of aryl methyl sites for hydroxylation is 2. The molecule has 0 radical (unpaired) electrons. The Morgan fingerprint density at radius 1 is 1.24 bits per heavy atom. The average molecular weight is 409 g/mol. The van der Waals surface area contributed by atoms with E-state index in [0.29, 0.717) is 18.0 Å². The molecule has 2 fully saturated rings. The van der Waals surface area contributed by atoms with Crippen molar-refractivity contribution < 1.29 is 9.59 Å². The van der Waals surface area contributed by atoms with Gasteiger partial charge in [-0.2, -0.15) is 0 Å². The van der Waals surface area contributed by atoms with Crippen LogP contribution >= 0.6 is 11.3 Å². The topological polar surface area (TPSA) is 66.7 Å². The van der Waals surface area contributed by atoms with E-state index in [4.69, 9.17) is 0 Å². The Labute approximate surface area is 173 Å². The summed E-state index contributed by atoms with van der Waals surface area (Å²) in [6.45, 7) is 6.49. The van der Waals surface area contributed by atoms with E-state index in [0.717, 1.165) is 53.4 Å². The third-order valence-electron chi connectivity index (χ3n) is 6.02. The van der Waals surface area contributed by atoms with Gasteiger partial charge in [-0.1, -0.05) is 19.1 Å². The van der Waals surface area contributed by atoms with E-state index in [1.54, 1.807) is 11.3 Å². The number of aromatic nitrogens is 2. The van der Waals surface area contributed by atoms with Crippen molar-refractivity contribution in [3.63, 3.8) is 0 Å². The number of rotatable bonds is 5. The Bertz CT molecular complexity index is 1100. The number of carbonyl (C=O) groups is 2. The minimum absolute atomic E-state index is 0.0874. The van der Waals surface area contributed by atoms with Crippen LogP contribution in [0.4, 0.5) is 5.69 Å². The Morgan fingerprint density at radius 2 is 1.97 bits per heavy atom. The highest BCUT2D eigenvalue weighted by Gasteiger charge is 2.51. The number of ketones is 1. The summed E-state index contributed by atoms with van der Waals surface area (Å²) in [4.78, 5) is 33.0. The number of amides is 1. The zero-order valence-electron chi connectivity index (χ0n) is 16.7. The van der Waals surface area contributed by atoms with Gasteiger partial charge in [-0.05, 0) is 31.0 Å². The van der Waals surface area contributed by atoms with Gasteiger partial charge in [-0.3, -0.25) is 14.0 Å². The van der Waals surface area contributed by atoms with E-state index in [-0.39, 0.29) is 11.3 Å². The van der Waals surface area contributed by atoms with E-state index in [1.165, 1.54) is 5.69 Å². The minimum Gasteiger partial charge on any atom is -0.370 e. The first kappa shape index (κ1) is 18.4. The van der Waals surface area contributed by atoms with Gasteiger partial charge in [0, 0.05) is 54.7 Å². The summed E-state index contributed by atoms with van der Waals surface area (Å²) in [5.41, 5.74) is 3.99. The largest absolute Gasteiger partial charge is 0.370 e. The lowest BCUT2D eigenvalue weighted by Crippen LogP contribution is -2.62. The van der Waals surface area contributed by atoms with Gasteiger partial charge in [0.15, 0.2) is 4.96 Å². The highest BCUT2D eigenvalue weighted by atomic mass is 32.1. The first-order valence-electron chi connectivity index (χ1n) is 10.1. The van der Waals surface area contributed by atoms with Crippen LogP contribution in [-0.2, 0) is 17.8 Å². The second-order valence-corrected chi connectivity index (χ2v) is 9.57. The summed E-state index contributed by atoms with van der Waals surface area (Å²) in [5.74, 6) is 0.311. The highest BCUT2D eigenvalue weighted by Crippen LogP contribution is 2.47. The summed E-state index contributed by atoms with van der Waals surface area (Å²) < 4.78 is 1.90. The molecule has 150 valence electrons. The normalized spacial score (nSPS) is 17.4. The third-order valence-corrected chi connectivity index (χ3v) is 6.91. The van der Waals surface area contributed by atoms with Crippen molar-refractivity contribution in [1.29, 1.82) is 0 Å². The van der Waals surface area contributed by atoms with Crippen LogP contribution in [0.1, 0.15) is 46.4 Å². The number of hydrogen-bond acceptors (Lipinski definition) is 5. The standard InChI is InChI=1S/C22H24N4O2S/c1-3-18-19(26-11-14(2)29-21(26)24-18)20(28)23-10-15-4-6-16(7-5-15)25-12-22(13-25)8-17(27)9-22/h4-7,11H,3,8-10,12-13H2,1-2H3,(H,23,28). The predicted molar refractivity (Wildman–Crippen MR) is 114 cm³/mol. The maximum absolute atomic E-state index is 12.8. The predicted octanol–water partition coefficient (Wildman–Crippen LogP) is 3.37. The maximum Gasteiger partial charge on any atom is 0.270 e. The van der Waals surface area contributed by atoms with Crippen LogP contribution in [0.2, 0.25) is 0 Å². The van der Waals surface area contributed by atoms with Crippen molar-refractivity contribution in [2.75, 3.05) is 18.0 Å². The van der Waals surface area contributed by atoms with Crippen LogP contribution in [0, 0.1) is 12.3 Å². The summed E-state index contributed by atoms with van der Waals surface area (Å²) >= 11 is 1.60. The van der Waals surface area contributed by atoms with E-state index in [2.05, 4.69) is 39.5 Å². The third kappa shape index (κ3) is 3.13. The lowest BCUT2D eigenvalue weighted by atomic mass is 9.62. The van der Waals surface area contributed by atoms with Gasteiger partial charge in [0.05, 0.1) is 5.69 Å². The monoisotopic (exact) mass is 408 g/mol. The molecule has 1 amide bonds. The molecule has 7 heteroatoms. The first-order chi connectivity index (χ1) is 14.0. The quantitative estimate of drug-likeness (QED) is 0.703. The molecule has 29 heavy (non-hydrogen) atoms. The number of anilines is 1. The van der Waals surface area contributed by atoms with Gasteiger partial charge in [-0.25, -0.2) is 4.98 Å². The molecule has 3 aromatic rings. The lowest BCUT2D eigenvalue weighted by molar-refractivity contribution is -0.134. The maximum atomic E-state index is 12.8. The molecule has 2 aromatic heterocycles. The molecule has 5 rings (SSSR count). The second kappa shape index (κ2) is 6.69. The molecule has 1 saturated heterocycles. The number of fused-ring (bicyclic) bond motifs is 1. The van der Waals surface area contributed by atoms with Crippen LogP contribution in [0.5, 0.6) is 0 Å². The number of hydrogen-bond donors (Lipinski definition) is 1. The Kier molecular flexibility index (Phi) is 4.24. The Morgan fingerprint density at radius 3 is 2.62 bits per heavy atom. The molecule has 1 aromatic carbocycles. The molecule has 1 N–H and O–H groups in total. The van der Waals surface area contributed by atoms with Crippen molar-refractivity contribution in [3.05, 3.63) is 52.3 Å². The van der Waals surface area contributed by atoms with E-state index >= 15 is 0 Å². The molecule has 3 heterocycles. The Balaban J connectivity index is 1.23. The molecule has 1 spiro atoms. The number of thiazole rings is 1. The average Bonchev–Trinajstić information content (AvgIpc) is 3.17. The van der Waals surface area contributed by atoms with Crippen LogP contribution in [0.25, 0.3) is 4.96 Å². The van der Waals surface area contributed by atoms with Crippen LogP contribution < -0.4 is 10.2 Å². The highest BCUT2D eigenvalue weighted by molar-refractivity contribution is 7.17. The van der Waals surface area contributed by atoms with Crippen LogP contribution in [0.15, 0.2) is 30.5 Å². The number of carbonyl (C=O) groups excluding carboxylic acids is 2. The number of benzene rings is 1. The summed E-state index contributed by atoms with van der Waals surface area (Å²) in [5, 5.41) is 3.04. The van der Waals surface area contributed by atoms with Gasteiger partial charge in [0.25, 0.3) is 5.91 Å². The first-order valence-corrected chi connectivity index (χ1v) is 10.9. The lowest BCUT2D eigenvalue weighted by Gasteiger charge is -2.55. The molecule has 2 aliphatic rings. The fourth-order valence-electron chi connectivity index (χ4n) is 4.53. The van der Waals surface area contributed by atoms with Gasteiger partial charge >= 0.3 is 0 Å². The van der Waals surface area contributed by atoms with E-state index in [1.807, 2.05) is 24.4 Å². The molecule has 0 unspecified atom stereocenters. The fraction of sp³-hybridized carbons (Fsp3) is 0.409. The van der Waals surface area contributed by atoms with Gasteiger partial charge < -0.3 is 10.2 Å². The van der Waals surface area contributed by atoms with Crippen LogP contribution in [-0.4, -0.2) is 34.2 Å². The van der Waals surface area contributed by atoms with Crippen LogP contribution in [0.3, 0.4) is 0 Å². The Hall–Kier alpha value is -2.67. The minimum atomic E-state index is -0.0874. The van der Waals surface area contributed by atoms with Gasteiger partial charge in [0.2, 0.25) is 0 Å². The SMILES string of the molecule is CCc1nc2sc(C)cn2c1C(=O)NCc1ccc(N2CC3(CC(=O)C3)C2)cc1. The van der Waals surface area contributed by atoms with Crippen molar-refractivity contribution in [2.45, 2.75) is 39.7 Å². The smallest absolute Gasteiger partial charge is 0.270 e. The zero-order chi connectivity index (χ0) is 20.2. The molecule has 6 nitrogen and oxygen atoms in total. The van der Waals surface area contributed by atoms with E-state index in [9.17, 15) is 9.59 Å². The number of imidazole rings is 1. The van der Waals surface area contributed by atoms with Crippen molar-refractivity contribution in [2.24, 2.45) is 5.41 Å². The number of nitrogens with one attached hydrogen (secondary N) is 1. The summed E-state index contributed by atoms with van der Waals surface area (Å²) in [6, 6.07) is 8.33. The van der Waals surface area contributed by atoms with Crippen molar-refractivity contribution in [3.8, 4) is 0 Å². The molecule has 1 aliphatic carbocycles. The molecule has 0 atom stereocenters. The second-order valence-electron chi connectivity index (χ2n) is 8.35. The van der Waals surface area contributed by atoms with E-state index < -0.39 is 0 Å². The fourth-order valence-corrected chi connectivity index (χ4v) is 5.38. The van der Waals surface area contributed by atoms with Crippen molar-refractivity contribution >= 4 is 33.7 Å². The summed E-state index contributed by atoms with van der Waals surface area (Å²) in [7, 11) is 0. The number of Topliss-reactive ketones (excluding diaryl/α,β-unsaturated/α-hetero) is 1. The molecule has 1 saturated carbocycles. The zero-order valence-corrected chi connectivity index (χ0v) is 17.5.